The van der Waals surface area contributed by atoms with Gasteiger partial charge in [-0.25, -0.2) is 0 Å². The van der Waals surface area contributed by atoms with Gasteiger partial charge in [0.05, 0.1) is 17.9 Å². The van der Waals surface area contributed by atoms with E-state index in [0.29, 0.717) is 12.1 Å². The van der Waals surface area contributed by atoms with Gasteiger partial charge in [0.1, 0.15) is 6.07 Å². The van der Waals surface area contributed by atoms with Crippen molar-refractivity contribution in [1.82, 2.24) is 0 Å². The van der Waals surface area contributed by atoms with Crippen molar-refractivity contribution in [2.75, 3.05) is 24.6 Å². The third kappa shape index (κ3) is 2.71. The summed E-state index contributed by atoms with van der Waals surface area (Å²) in [4.78, 5) is 2.00. The molecule has 1 N–H and O–H groups in total. The van der Waals surface area contributed by atoms with Crippen molar-refractivity contribution in [2.24, 2.45) is 0 Å². The number of likely N-dealkylation sites (N-methyl/N-ethyl adjacent to an activating group) is 1. The fraction of sp³-hybridized carbons (Fsp3) is 0.417. The fourth-order valence-electron chi connectivity index (χ4n) is 1.58. The van der Waals surface area contributed by atoms with E-state index in [9.17, 15) is 0 Å². The van der Waals surface area contributed by atoms with Crippen LogP contribution in [0.25, 0.3) is 0 Å². The van der Waals surface area contributed by atoms with Crippen LogP contribution in [0.3, 0.4) is 0 Å². The van der Waals surface area contributed by atoms with Crippen molar-refractivity contribution in [1.29, 1.82) is 5.26 Å². The zero-order valence-electron chi connectivity index (χ0n) is 9.20. The van der Waals surface area contributed by atoms with Gasteiger partial charge in [-0.2, -0.15) is 5.26 Å². The Labute approximate surface area is 90.6 Å². The topological polar surface area (TPSA) is 47.3 Å². The lowest BCUT2D eigenvalue weighted by atomic mass is 10.1. The lowest BCUT2D eigenvalue weighted by molar-refractivity contribution is 0.302. The predicted molar refractivity (Wildman–Crippen MR) is 60.9 cm³/mol. The summed E-state index contributed by atoms with van der Waals surface area (Å²) in [5.41, 5.74) is 2.65. The van der Waals surface area contributed by atoms with Crippen LogP contribution in [0.1, 0.15) is 18.1 Å². The van der Waals surface area contributed by atoms with Crippen LogP contribution >= 0.6 is 0 Å². The van der Waals surface area contributed by atoms with E-state index < -0.39 is 0 Å². The Hall–Kier alpha value is -1.53. The third-order valence-corrected chi connectivity index (χ3v) is 2.36. The minimum absolute atomic E-state index is 0.104. The van der Waals surface area contributed by atoms with Gasteiger partial charge in [-0.15, -0.1) is 0 Å². The van der Waals surface area contributed by atoms with Crippen LogP contribution in [0.4, 0.5) is 5.69 Å². The number of hydrogen-bond donors (Lipinski definition) is 1. The molecule has 0 amide bonds. The first-order chi connectivity index (χ1) is 7.22. The lowest BCUT2D eigenvalue weighted by Gasteiger charge is -2.23. The van der Waals surface area contributed by atoms with Crippen LogP contribution in [0.5, 0.6) is 0 Å². The van der Waals surface area contributed by atoms with E-state index in [1.165, 1.54) is 0 Å². The second-order valence-corrected chi connectivity index (χ2v) is 3.44. The molecule has 1 rings (SSSR count). The minimum atomic E-state index is 0.104. The molecule has 1 aromatic carbocycles. The number of hydrogen-bond acceptors (Lipinski definition) is 3. The van der Waals surface area contributed by atoms with Crippen LogP contribution in [-0.2, 0) is 0 Å². The highest BCUT2D eigenvalue weighted by Gasteiger charge is 2.08. The molecule has 0 bridgehead atoms. The van der Waals surface area contributed by atoms with E-state index in [2.05, 4.69) is 6.07 Å². The number of rotatable bonds is 4. The fourth-order valence-corrected chi connectivity index (χ4v) is 1.58. The highest BCUT2D eigenvalue weighted by Crippen LogP contribution is 2.20. The van der Waals surface area contributed by atoms with E-state index in [4.69, 9.17) is 10.4 Å². The molecule has 0 aromatic heterocycles. The molecule has 0 aliphatic rings. The molecule has 0 saturated carbocycles. The monoisotopic (exact) mass is 204 g/mol. The molecule has 1 aromatic rings. The van der Waals surface area contributed by atoms with Crippen LogP contribution in [0.2, 0.25) is 0 Å². The maximum absolute atomic E-state index is 9.02. The van der Waals surface area contributed by atoms with Gasteiger partial charge in [0.15, 0.2) is 0 Å². The van der Waals surface area contributed by atoms with E-state index >= 15 is 0 Å². The average molecular weight is 204 g/mol. The zero-order valence-corrected chi connectivity index (χ0v) is 9.20. The summed E-state index contributed by atoms with van der Waals surface area (Å²) in [6.07, 6.45) is 0. The molecule has 80 valence electrons. The van der Waals surface area contributed by atoms with E-state index in [1.807, 2.05) is 36.9 Å². The van der Waals surface area contributed by atoms with Crippen LogP contribution in [0.15, 0.2) is 18.2 Å². The smallest absolute Gasteiger partial charge is 0.101 e. The first-order valence-electron chi connectivity index (χ1n) is 5.09. The molecular formula is C12H16N2O. The quantitative estimate of drug-likeness (QED) is 0.811. The molecule has 0 aliphatic heterocycles. The number of aliphatic hydroxyl groups is 1. The summed E-state index contributed by atoms with van der Waals surface area (Å²) < 4.78 is 0. The standard InChI is InChI=1S/C12H16N2O/c1-3-14(6-7-15)12-5-4-10(2)8-11(12)9-13/h4-5,8,15H,3,6-7H2,1-2H3. The van der Waals surface area contributed by atoms with Gasteiger partial charge in [0.2, 0.25) is 0 Å². The zero-order chi connectivity index (χ0) is 11.3. The summed E-state index contributed by atoms with van der Waals surface area (Å²) >= 11 is 0. The largest absolute Gasteiger partial charge is 0.395 e. The molecular weight excluding hydrogens is 188 g/mol. The molecule has 0 unspecified atom stereocenters. The molecule has 3 heteroatoms. The van der Waals surface area contributed by atoms with Gasteiger partial charge >= 0.3 is 0 Å². The molecule has 0 saturated heterocycles. The third-order valence-electron chi connectivity index (χ3n) is 2.36. The van der Waals surface area contributed by atoms with Gasteiger partial charge < -0.3 is 10.0 Å². The number of benzene rings is 1. The second kappa shape index (κ2) is 5.38. The summed E-state index contributed by atoms with van der Waals surface area (Å²) in [7, 11) is 0. The predicted octanol–water partition coefficient (Wildman–Crippen LogP) is 1.69. The maximum atomic E-state index is 9.02. The van der Waals surface area contributed by atoms with Crippen molar-refractivity contribution in [3.8, 4) is 6.07 Å². The van der Waals surface area contributed by atoms with Crippen LogP contribution < -0.4 is 4.90 Å². The lowest BCUT2D eigenvalue weighted by Crippen LogP contribution is -2.26. The normalized spacial score (nSPS) is 9.73. The first kappa shape index (κ1) is 11.5. The van der Waals surface area contributed by atoms with Crippen molar-refractivity contribution in [3.05, 3.63) is 29.3 Å². The van der Waals surface area contributed by atoms with E-state index in [0.717, 1.165) is 17.8 Å². The van der Waals surface area contributed by atoms with Gasteiger partial charge in [-0.05, 0) is 31.5 Å². The van der Waals surface area contributed by atoms with Crippen molar-refractivity contribution in [2.45, 2.75) is 13.8 Å². The molecule has 0 spiro atoms. The summed E-state index contributed by atoms with van der Waals surface area (Å²) in [5.74, 6) is 0. The number of nitriles is 1. The number of aliphatic hydroxyl groups excluding tert-OH is 1. The Morgan fingerprint density at radius 2 is 2.20 bits per heavy atom. The Kier molecular flexibility index (Phi) is 4.14. The second-order valence-electron chi connectivity index (χ2n) is 3.44. The van der Waals surface area contributed by atoms with Gasteiger partial charge in [-0.3, -0.25) is 0 Å². The summed E-state index contributed by atoms with van der Waals surface area (Å²) in [5, 5.41) is 17.9. The first-order valence-corrected chi connectivity index (χ1v) is 5.09. The van der Waals surface area contributed by atoms with Crippen molar-refractivity contribution >= 4 is 5.69 Å². The molecule has 0 atom stereocenters. The molecule has 0 heterocycles. The van der Waals surface area contributed by atoms with E-state index in [-0.39, 0.29) is 6.61 Å². The molecule has 0 fully saturated rings. The Bertz CT molecular complexity index is 368. The number of aryl methyl sites for hydroxylation is 1. The SMILES string of the molecule is CCN(CCO)c1ccc(C)cc1C#N. The highest BCUT2D eigenvalue weighted by molar-refractivity contribution is 5.60. The van der Waals surface area contributed by atoms with Crippen molar-refractivity contribution < 1.29 is 5.11 Å². The van der Waals surface area contributed by atoms with E-state index in [1.54, 1.807) is 0 Å². The number of anilines is 1. The van der Waals surface area contributed by atoms with Crippen LogP contribution in [0, 0.1) is 18.3 Å². The Morgan fingerprint density at radius 1 is 1.47 bits per heavy atom. The average Bonchev–Trinajstić information content (AvgIpc) is 2.26. The molecule has 0 aliphatic carbocycles. The van der Waals surface area contributed by atoms with Gasteiger partial charge in [0.25, 0.3) is 0 Å². The Balaban J connectivity index is 3.06. The van der Waals surface area contributed by atoms with Crippen LogP contribution in [-0.4, -0.2) is 24.8 Å². The molecule has 0 radical (unpaired) electrons. The van der Waals surface area contributed by atoms with Crippen molar-refractivity contribution in [3.63, 3.8) is 0 Å². The number of nitrogens with zero attached hydrogens (tertiary/aromatic N) is 2. The highest BCUT2D eigenvalue weighted by atomic mass is 16.3. The maximum Gasteiger partial charge on any atom is 0.101 e. The summed E-state index contributed by atoms with van der Waals surface area (Å²) in [6, 6.07) is 7.98. The summed E-state index contributed by atoms with van der Waals surface area (Å²) in [6.45, 7) is 5.43. The van der Waals surface area contributed by atoms with Gasteiger partial charge in [0, 0.05) is 13.1 Å². The molecule has 15 heavy (non-hydrogen) atoms. The molecule has 3 nitrogen and oxygen atoms in total. The van der Waals surface area contributed by atoms with Gasteiger partial charge in [-0.1, -0.05) is 6.07 Å². The minimum Gasteiger partial charge on any atom is -0.395 e. The Morgan fingerprint density at radius 3 is 2.73 bits per heavy atom.